The molecule has 9 nitrogen and oxygen atoms in total. The zero-order chi connectivity index (χ0) is 23.0. The number of benzene rings is 2. The van der Waals surface area contributed by atoms with E-state index in [0.29, 0.717) is 40.1 Å². The number of amides is 1. The minimum atomic E-state index is -1.03. The highest BCUT2D eigenvalue weighted by Gasteiger charge is 2.27. The summed E-state index contributed by atoms with van der Waals surface area (Å²) >= 11 is 6.13. The van der Waals surface area contributed by atoms with Gasteiger partial charge in [0.2, 0.25) is 5.91 Å². The maximum Gasteiger partial charge on any atom is 0.317 e. The van der Waals surface area contributed by atoms with Gasteiger partial charge in [0.15, 0.2) is 0 Å². The minimum Gasteiger partial charge on any atom is -0.481 e. The molecule has 0 unspecified atom stereocenters. The number of carboxylic acid groups (broad SMARTS) is 1. The maximum atomic E-state index is 12.8. The molecule has 0 aliphatic carbocycles. The number of nitrogens with one attached hydrogen (secondary N) is 2. The van der Waals surface area contributed by atoms with Crippen molar-refractivity contribution in [1.29, 1.82) is 0 Å². The lowest BCUT2D eigenvalue weighted by Gasteiger charge is -2.27. The number of hydrogen-bond donors (Lipinski definition) is 4. The van der Waals surface area contributed by atoms with Crippen LogP contribution in [-0.2, 0) is 29.0 Å². The molecule has 1 atom stereocenters. The van der Waals surface area contributed by atoms with E-state index in [1.54, 1.807) is 30.3 Å². The van der Waals surface area contributed by atoms with E-state index in [2.05, 4.69) is 10.3 Å². The van der Waals surface area contributed by atoms with E-state index in [9.17, 15) is 24.3 Å². The lowest BCUT2D eigenvalue weighted by atomic mass is 9.96. The first-order chi connectivity index (χ1) is 15.3. The zero-order valence-corrected chi connectivity index (χ0v) is 19.0. The number of carbonyl (C=O) groups is 2. The van der Waals surface area contributed by atoms with Gasteiger partial charge < -0.3 is 21.1 Å². The van der Waals surface area contributed by atoms with Crippen LogP contribution < -0.4 is 22.2 Å². The fourth-order valence-corrected chi connectivity index (χ4v) is 4.47. The fourth-order valence-electron chi connectivity index (χ4n) is 4.23. The van der Waals surface area contributed by atoms with Crippen LogP contribution in [0.2, 0.25) is 5.02 Å². The fraction of sp³-hybridized carbons (Fsp3) is 0.273. The summed E-state index contributed by atoms with van der Waals surface area (Å²) in [4.78, 5) is 51.5. The van der Waals surface area contributed by atoms with Crippen LogP contribution in [-0.4, -0.2) is 26.5 Å². The highest BCUT2D eigenvalue weighted by Crippen LogP contribution is 2.32. The molecule has 4 rings (SSSR count). The zero-order valence-electron chi connectivity index (χ0n) is 17.4. The predicted octanol–water partition coefficient (Wildman–Crippen LogP) is 2.37. The third-order valence-electron chi connectivity index (χ3n) is 5.61. The van der Waals surface area contributed by atoms with Crippen molar-refractivity contribution in [3.8, 4) is 0 Å². The first kappa shape index (κ1) is 24.5. The van der Waals surface area contributed by atoms with Gasteiger partial charge in [-0.15, -0.1) is 12.4 Å². The Balaban J connectivity index is 0.00000306. The summed E-state index contributed by atoms with van der Waals surface area (Å²) in [5, 5.41) is 12.4. The standard InChI is InChI=1S/C22H21ClN4O5.ClH/c23-14-6-12-2-3-15(27-20(12)17(8-14)26-21(31)22(27)32)9-18(28)25-16-4-1-11(10-24)5-13(16)7-19(29)30;/h1,4-6,8,15H,2-3,7,9-10,24H2,(H,25,28)(H,26,31)(H,29,30);1H/t15-;/m0./s1. The van der Waals surface area contributed by atoms with Crippen LogP contribution in [0.4, 0.5) is 5.69 Å². The Morgan fingerprint density at radius 3 is 2.70 bits per heavy atom. The van der Waals surface area contributed by atoms with Gasteiger partial charge in [0.1, 0.15) is 0 Å². The molecule has 0 fully saturated rings. The third kappa shape index (κ3) is 4.95. The second kappa shape index (κ2) is 9.78. The van der Waals surface area contributed by atoms with Gasteiger partial charge in [0.05, 0.1) is 17.5 Å². The van der Waals surface area contributed by atoms with E-state index in [0.717, 1.165) is 11.1 Å². The molecule has 0 bridgehead atoms. The van der Waals surface area contributed by atoms with Gasteiger partial charge in [-0.1, -0.05) is 23.7 Å². The summed E-state index contributed by atoms with van der Waals surface area (Å²) in [6, 6.07) is 7.80. The van der Waals surface area contributed by atoms with Crippen LogP contribution in [0, 0.1) is 0 Å². The molecule has 0 saturated heterocycles. The van der Waals surface area contributed by atoms with E-state index < -0.39 is 23.1 Å². The maximum absolute atomic E-state index is 12.8. The van der Waals surface area contributed by atoms with E-state index in [4.69, 9.17) is 17.3 Å². The molecular formula is C22H22Cl2N4O5. The topological polar surface area (TPSA) is 147 Å². The number of aryl methyl sites for hydroxylation is 1. The van der Waals surface area contributed by atoms with E-state index >= 15 is 0 Å². The number of carboxylic acids is 1. The Bertz CT molecular complexity index is 1370. The summed E-state index contributed by atoms with van der Waals surface area (Å²) in [5.74, 6) is -1.42. The Kier molecular flexibility index (Phi) is 7.26. The van der Waals surface area contributed by atoms with Gasteiger partial charge in [-0.2, -0.15) is 0 Å². The molecule has 1 aliphatic rings. The summed E-state index contributed by atoms with van der Waals surface area (Å²) in [6.07, 6.45) is 0.754. The molecule has 2 aromatic carbocycles. The first-order valence-electron chi connectivity index (χ1n) is 10.1. The van der Waals surface area contributed by atoms with Crippen LogP contribution in [0.5, 0.6) is 0 Å². The molecule has 3 aromatic rings. The summed E-state index contributed by atoms with van der Waals surface area (Å²) in [6.45, 7) is 0.244. The van der Waals surface area contributed by atoms with Gasteiger partial charge >= 0.3 is 17.1 Å². The van der Waals surface area contributed by atoms with Crippen molar-refractivity contribution in [2.45, 2.75) is 38.3 Å². The van der Waals surface area contributed by atoms with Crippen molar-refractivity contribution in [3.63, 3.8) is 0 Å². The average molecular weight is 493 g/mol. The molecule has 2 heterocycles. The summed E-state index contributed by atoms with van der Waals surface area (Å²) in [5.41, 5.74) is 7.54. The van der Waals surface area contributed by atoms with E-state index in [1.807, 2.05) is 0 Å². The molecule has 0 saturated carbocycles. The molecule has 1 aromatic heterocycles. The van der Waals surface area contributed by atoms with Gasteiger partial charge in [0.25, 0.3) is 0 Å². The van der Waals surface area contributed by atoms with Crippen LogP contribution in [0.1, 0.15) is 35.6 Å². The summed E-state index contributed by atoms with van der Waals surface area (Å²) < 4.78 is 1.37. The van der Waals surface area contributed by atoms with E-state index in [1.165, 1.54) is 4.57 Å². The molecule has 0 radical (unpaired) electrons. The van der Waals surface area contributed by atoms with Crippen LogP contribution in [0.25, 0.3) is 11.0 Å². The number of aromatic amines is 1. The number of carbonyl (C=O) groups excluding carboxylic acids is 1. The van der Waals surface area contributed by atoms with Crippen molar-refractivity contribution >= 4 is 52.6 Å². The van der Waals surface area contributed by atoms with Crippen LogP contribution >= 0.6 is 24.0 Å². The Morgan fingerprint density at radius 1 is 1.24 bits per heavy atom. The second-order valence-electron chi connectivity index (χ2n) is 7.80. The number of anilines is 1. The van der Waals surface area contributed by atoms with Gasteiger partial charge in [-0.3, -0.25) is 23.7 Å². The first-order valence-corrected chi connectivity index (χ1v) is 10.4. The molecule has 0 spiro atoms. The van der Waals surface area contributed by atoms with Gasteiger partial charge in [0, 0.05) is 29.7 Å². The largest absolute Gasteiger partial charge is 0.481 e. The number of rotatable bonds is 6. The smallest absolute Gasteiger partial charge is 0.317 e. The molecule has 5 N–H and O–H groups in total. The van der Waals surface area contributed by atoms with Crippen LogP contribution in [0.15, 0.2) is 39.9 Å². The number of aromatic nitrogens is 2. The van der Waals surface area contributed by atoms with Crippen molar-refractivity contribution in [3.05, 3.63) is 72.8 Å². The number of hydrogen-bond acceptors (Lipinski definition) is 5. The number of nitrogens with zero attached hydrogens (tertiary/aromatic N) is 1. The van der Waals surface area contributed by atoms with E-state index in [-0.39, 0.29) is 37.7 Å². The molecule has 174 valence electrons. The molecule has 11 heteroatoms. The number of nitrogens with two attached hydrogens (primary N) is 1. The van der Waals surface area contributed by atoms with Crippen molar-refractivity contribution < 1.29 is 14.7 Å². The highest BCUT2D eigenvalue weighted by atomic mass is 35.5. The number of H-pyrrole nitrogens is 1. The SMILES string of the molecule is Cl.NCc1ccc(NC(=O)C[C@@H]2CCc3cc(Cl)cc4[nH]c(=O)c(=O)n2c34)c(CC(=O)O)c1. The summed E-state index contributed by atoms with van der Waals surface area (Å²) in [7, 11) is 0. The molecule has 1 amide bonds. The van der Waals surface area contributed by atoms with Crippen molar-refractivity contribution in [1.82, 2.24) is 9.55 Å². The quantitative estimate of drug-likeness (QED) is 0.388. The lowest BCUT2D eigenvalue weighted by molar-refractivity contribution is -0.136. The average Bonchev–Trinajstić information content (AvgIpc) is 2.73. The number of halogens is 2. The third-order valence-corrected chi connectivity index (χ3v) is 5.83. The Labute approximate surface area is 199 Å². The lowest BCUT2D eigenvalue weighted by Crippen LogP contribution is -2.41. The molecule has 1 aliphatic heterocycles. The second-order valence-corrected chi connectivity index (χ2v) is 8.24. The Morgan fingerprint density at radius 2 is 2.00 bits per heavy atom. The van der Waals surface area contributed by atoms with Gasteiger partial charge in [-0.25, -0.2) is 0 Å². The van der Waals surface area contributed by atoms with Crippen molar-refractivity contribution in [2.75, 3.05) is 5.32 Å². The van der Waals surface area contributed by atoms with Gasteiger partial charge in [-0.05, 0) is 47.7 Å². The normalized spacial score (nSPS) is 14.5. The molecular weight excluding hydrogens is 471 g/mol. The van der Waals surface area contributed by atoms with Crippen molar-refractivity contribution in [2.24, 2.45) is 5.73 Å². The number of aliphatic carboxylic acids is 1. The highest BCUT2D eigenvalue weighted by molar-refractivity contribution is 6.31. The molecule has 33 heavy (non-hydrogen) atoms. The minimum absolute atomic E-state index is 0. The van der Waals surface area contributed by atoms with Crippen LogP contribution in [0.3, 0.4) is 0 Å². The Hall–Kier alpha value is -3.14. The monoisotopic (exact) mass is 492 g/mol. The predicted molar refractivity (Wildman–Crippen MR) is 127 cm³/mol.